The molecule has 0 atom stereocenters. The van der Waals surface area contributed by atoms with Crippen molar-refractivity contribution in [1.29, 1.82) is 0 Å². The highest BCUT2D eigenvalue weighted by molar-refractivity contribution is 6.14. The van der Waals surface area contributed by atoms with Crippen LogP contribution in [0.2, 0.25) is 0 Å². The largest absolute Gasteiger partial charge is 0.455 e. The van der Waals surface area contributed by atoms with Gasteiger partial charge in [0.2, 0.25) is 0 Å². The zero-order chi connectivity index (χ0) is 44.8. The Morgan fingerprint density at radius 1 is 0.294 bits per heavy atom. The SMILES string of the molecule is c1ccc(C2(c3cccc(N(c4ccc(-c5cccc6c5oc5ccccc56)cc4)c4ccc(-c5cccc6c5oc5ccccc56)c5ccccc45)c3)c3ccccc3-c3ccccc32)cc1. The van der Waals surface area contributed by atoms with E-state index in [2.05, 4.69) is 235 Å². The van der Waals surface area contributed by atoms with Crippen LogP contribution < -0.4 is 4.90 Å². The molecule has 0 unspecified atom stereocenters. The molecule has 0 amide bonds. The lowest BCUT2D eigenvalue weighted by Crippen LogP contribution is -2.28. The van der Waals surface area contributed by atoms with Crippen molar-refractivity contribution in [3.05, 3.63) is 271 Å². The first-order valence-corrected chi connectivity index (χ1v) is 23.3. The lowest BCUT2D eigenvalue weighted by atomic mass is 9.67. The minimum absolute atomic E-state index is 0.553. The number of furan rings is 2. The summed E-state index contributed by atoms with van der Waals surface area (Å²) < 4.78 is 13.2. The Bertz CT molecular complexity index is 4060. The number of hydrogen-bond acceptors (Lipinski definition) is 3. The van der Waals surface area contributed by atoms with Crippen LogP contribution in [0.25, 0.3) is 88.0 Å². The maximum Gasteiger partial charge on any atom is 0.143 e. The van der Waals surface area contributed by atoms with Gasteiger partial charge in [0.15, 0.2) is 0 Å². The molecule has 2 aromatic heterocycles. The Morgan fingerprint density at radius 3 is 1.47 bits per heavy atom. The number of fused-ring (bicyclic) bond motifs is 10. The van der Waals surface area contributed by atoms with Gasteiger partial charge in [0.25, 0.3) is 0 Å². The van der Waals surface area contributed by atoms with Crippen molar-refractivity contribution in [3.63, 3.8) is 0 Å². The van der Waals surface area contributed by atoms with E-state index in [-0.39, 0.29) is 0 Å². The molecule has 11 aromatic carbocycles. The third-order valence-electron chi connectivity index (χ3n) is 14.4. The normalized spacial score (nSPS) is 12.8. The molecule has 0 N–H and O–H groups in total. The highest BCUT2D eigenvalue weighted by Gasteiger charge is 2.46. The highest BCUT2D eigenvalue weighted by Crippen LogP contribution is 2.57. The highest BCUT2D eigenvalue weighted by atomic mass is 16.3. The monoisotopic (exact) mass is 867 g/mol. The summed E-state index contributed by atoms with van der Waals surface area (Å²) in [5.74, 6) is 0. The summed E-state index contributed by atoms with van der Waals surface area (Å²) in [6.07, 6.45) is 0. The number of rotatable bonds is 7. The van der Waals surface area contributed by atoms with E-state index in [1.54, 1.807) is 0 Å². The van der Waals surface area contributed by atoms with E-state index in [0.717, 1.165) is 94.0 Å². The molecule has 68 heavy (non-hydrogen) atoms. The standard InChI is InChI=1S/C65H41NO2/c1-2-17-43(18-3-1)65(58-31-10-6-22-50(58)51-23-7-11-32-59(51)65)44-19-14-20-46(41-44)66(45-37-35-42(36-38-45)47-27-15-29-56-53-25-8-12-33-61(53)67-63(47)56)60-40-39-49(48-21-4-5-24-52(48)60)55-28-16-30-57-54-26-9-13-34-62(54)68-64(55)57/h1-41H. The van der Waals surface area contributed by atoms with Crippen LogP contribution in [0.15, 0.2) is 258 Å². The lowest BCUT2D eigenvalue weighted by molar-refractivity contribution is 0.669. The van der Waals surface area contributed by atoms with Crippen molar-refractivity contribution in [2.75, 3.05) is 4.90 Å². The van der Waals surface area contributed by atoms with Crippen molar-refractivity contribution in [2.24, 2.45) is 0 Å². The second kappa shape index (κ2) is 15.1. The molecule has 0 radical (unpaired) electrons. The summed E-state index contributed by atoms with van der Waals surface area (Å²) in [5.41, 5.74) is 18.1. The summed E-state index contributed by atoms with van der Waals surface area (Å²) in [5, 5.41) is 6.76. The Kier molecular flexibility index (Phi) is 8.50. The second-order valence-electron chi connectivity index (χ2n) is 17.9. The molecule has 0 fully saturated rings. The summed E-state index contributed by atoms with van der Waals surface area (Å²) in [6, 6.07) is 90.1. The summed E-state index contributed by atoms with van der Waals surface area (Å²) in [7, 11) is 0. The average Bonchev–Trinajstić information content (AvgIpc) is 4.08. The molecule has 2 heterocycles. The second-order valence-corrected chi connectivity index (χ2v) is 17.9. The van der Waals surface area contributed by atoms with E-state index < -0.39 is 5.41 Å². The van der Waals surface area contributed by atoms with Gasteiger partial charge in [-0.1, -0.05) is 206 Å². The van der Waals surface area contributed by atoms with Crippen LogP contribution in [0.4, 0.5) is 17.1 Å². The van der Waals surface area contributed by atoms with Gasteiger partial charge in [-0.25, -0.2) is 0 Å². The maximum atomic E-state index is 6.64. The average molecular weight is 868 g/mol. The van der Waals surface area contributed by atoms with Crippen LogP contribution in [-0.2, 0) is 5.41 Å². The molecule has 3 nitrogen and oxygen atoms in total. The van der Waals surface area contributed by atoms with Gasteiger partial charge in [0.1, 0.15) is 22.3 Å². The molecular formula is C65H41NO2. The van der Waals surface area contributed by atoms with Gasteiger partial charge in [-0.15, -0.1) is 0 Å². The predicted molar refractivity (Wildman–Crippen MR) is 281 cm³/mol. The van der Waals surface area contributed by atoms with E-state index >= 15 is 0 Å². The smallest absolute Gasteiger partial charge is 0.143 e. The third kappa shape index (κ3) is 5.60. The molecule has 0 bridgehead atoms. The van der Waals surface area contributed by atoms with Crippen LogP contribution in [0.5, 0.6) is 0 Å². The van der Waals surface area contributed by atoms with E-state index in [9.17, 15) is 0 Å². The molecule has 3 heteroatoms. The lowest BCUT2D eigenvalue weighted by Gasteiger charge is -2.35. The fraction of sp³-hybridized carbons (Fsp3) is 0.0154. The van der Waals surface area contributed by atoms with Gasteiger partial charge >= 0.3 is 0 Å². The van der Waals surface area contributed by atoms with Crippen molar-refractivity contribution in [3.8, 4) is 33.4 Å². The van der Waals surface area contributed by atoms with Gasteiger partial charge in [-0.05, 0) is 92.4 Å². The van der Waals surface area contributed by atoms with Gasteiger partial charge in [-0.2, -0.15) is 0 Å². The summed E-state index contributed by atoms with van der Waals surface area (Å²) in [4.78, 5) is 2.44. The first-order valence-electron chi connectivity index (χ1n) is 23.3. The Morgan fingerprint density at radius 2 is 0.794 bits per heavy atom. The van der Waals surface area contributed by atoms with Crippen molar-refractivity contribution < 1.29 is 8.83 Å². The number of para-hydroxylation sites is 4. The van der Waals surface area contributed by atoms with Crippen molar-refractivity contribution >= 4 is 71.7 Å². The van der Waals surface area contributed by atoms with Crippen LogP contribution in [0, 0.1) is 0 Å². The van der Waals surface area contributed by atoms with Crippen LogP contribution in [-0.4, -0.2) is 0 Å². The van der Waals surface area contributed by atoms with E-state index in [0.29, 0.717) is 0 Å². The minimum Gasteiger partial charge on any atom is -0.455 e. The van der Waals surface area contributed by atoms with E-state index in [4.69, 9.17) is 8.83 Å². The van der Waals surface area contributed by atoms with E-state index in [1.807, 2.05) is 18.2 Å². The molecule has 0 saturated heterocycles. The predicted octanol–water partition coefficient (Wildman–Crippen LogP) is 17.8. The summed E-state index contributed by atoms with van der Waals surface area (Å²) in [6.45, 7) is 0. The van der Waals surface area contributed by atoms with Gasteiger partial charge in [0, 0.05) is 49.4 Å². The molecule has 0 spiro atoms. The topological polar surface area (TPSA) is 29.5 Å². The molecule has 13 aromatic rings. The molecular weight excluding hydrogens is 827 g/mol. The fourth-order valence-electron chi connectivity index (χ4n) is 11.5. The van der Waals surface area contributed by atoms with Crippen molar-refractivity contribution in [1.82, 2.24) is 0 Å². The maximum absolute atomic E-state index is 6.64. The zero-order valence-corrected chi connectivity index (χ0v) is 36.9. The Hall–Kier alpha value is -8.92. The zero-order valence-electron chi connectivity index (χ0n) is 36.9. The molecule has 1 aliphatic carbocycles. The molecule has 0 saturated carbocycles. The van der Waals surface area contributed by atoms with Crippen molar-refractivity contribution in [2.45, 2.75) is 5.41 Å². The summed E-state index contributed by atoms with van der Waals surface area (Å²) >= 11 is 0. The van der Waals surface area contributed by atoms with Gasteiger partial charge in [0.05, 0.1) is 11.1 Å². The number of anilines is 3. The first-order chi connectivity index (χ1) is 33.7. The molecule has 318 valence electrons. The van der Waals surface area contributed by atoms with Crippen LogP contribution in [0.3, 0.4) is 0 Å². The molecule has 14 rings (SSSR count). The Labute approximate surface area is 393 Å². The number of nitrogens with zero attached hydrogens (tertiary/aromatic N) is 1. The number of hydrogen-bond donors (Lipinski definition) is 0. The number of benzene rings is 11. The fourth-order valence-corrected chi connectivity index (χ4v) is 11.5. The van der Waals surface area contributed by atoms with Gasteiger partial charge in [-0.3, -0.25) is 0 Å². The minimum atomic E-state index is -0.553. The molecule has 1 aliphatic rings. The van der Waals surface area contributed by atoms with Gasteiger partial charge < -0.3 is 13.7 Å². The quantitative estimate of drug-likeness (QED) is 0.160. The Balaban J connectivity index is 0.995. The first kappa shape index (κ1) is 38.4. The third-order valence-corrected chi connectivity index (χ3v) is 14.4. The molecule has 0 aliphatic heterocycles. The van der Waals surface area contributed by atoms with Crippen LogP contribution in [0.1, 0.15) is 22.3 Å². The van der Waals surface area contributed by atoms with Crippen LogP contribution >= 0.6 is 0 Å². The van der Waals surface area contributed by atoms with E-state index in [1.165, 1.54) is 33.4 Å².